The van der Waals surface area contributed by atoms with Gasteiger partial charge in [0.2, 0.25) is 23.6 Å². The second kappa shape index (κ2) is 23.2. The van der Waals surface area contributed by atoms with Crippen molar-refractivity contribution in [2.75, 3.05) is 26.2 Å². The van der Waals surface area contributed by atoms with E-state index in [9.17, 15) is 38.4 Å². The molecule has 344 valence electrons. The molecular formula is C40H52N12O12. The van der Waals surface area contributed by atoms with Gasteiger partial charge >= 0.3 is 0 Å². The number of amides is 8. The van der Waals surface area contributed by atoms with Gasteiger partial charge in [0, 0.05) is 100 Å². The smallest absolute Gasteiger partial charge is 0.287 e. The lowest BCUT2D eigenvalue weighted by Crippen LogP contribution is -2.26. The van der Waals surface area contributed by atoms with Gasteiger partial charge in [-0.05, 0) is 24.3 Å². The van der Waals surface area contributed by atoms with E-state index < -0.39 is 23.6 Å². The summed E-state index contributed by atoms with van der Waals surface area (Å²) in [6, 6.07) is 5.51. The minimum absolute atomic E-state index is 0.0323. The molecule has 0 aromatic carbocycles. The van der Waals surface area contributed by atoms with Crippen LogP contribution in [0.15, 0.2) is 41.9 Å². The van der Waals surface area contributed by atoms with Crippen LogP contribution in [0.3, 0.4) is 0 Å². The van der Waals surface area contributed by atoms with Crippen LogP contribution in [0.25, 0.3) is 0 Å². The molecule has 4 aromatic rings. The molecule has 0 saturated heterocycles. The zero-order valence-electron chi connectivity index (χ0n) is 34.8. The van der Waals surface area contributed by atoms with Gasteiger partial charge in [0.25, 0.3) is 23.6 Å². The lowest BCUT2D eigenvalue weighted by Gasteiger charge is -2.07. The third-order valence-corrected chi connectivity index (χ3v) is 9.51. The molecule has 0 fully saturated rings. The Balaban J connectivity index is 1.50. The molecule has 1 aliphatic rings. The zero-order chi connectivity index (χ0) is 46.2. The predicted molar refractivity (Wildman–Crippen MR) is 222 cm³/mol. The Morgan fingerprint density at radius 2 is 0.609 bits per heavy atom. The maximum absolute atomic E-state index is 13.5. The lowest BCUT2D eigenvalue weighted by atomic mass is 10.2. The van der Waals surface area contributed by atoms with Gasteiger partial charge in [0.05, 0.1) is 26.2 Å². The first kappa shape index (κ1) is 47.8. The molecule has 0 spiro atoms. The van der Waals surface area contributed by atoms with Gasteiger partial charge in [0.1, 0.15) is 23.0 Å². The van der Waals surface area contributed by atoms with E-state index in [0.717, 1.165) is 0 Å². The van der Waals surface area contributed by atoms with E-state index in [1.165, 1.54) is 24.3 Å². The van der Waals surface area contributed by atoms with Gasteiger partial charge < -0.3 is 83.1 Å². The number of carbonyl (C=O) groups is 8. The SMILES string of the molecule is NCCC(=O)NCc1cc2oc1CNC(=O)c1cc(CNC(=O)CCN)c(o1)CNC(=O)c1cc(CNC(=O)CCN)c(o1)CNC(=O)c1cc(CNC(=O)CCN)c(o1)CNC2=O. The number of nitrogens with two attached hydrogens (primary N) is 4. The largest absolute Gasteiger partial charge is 0.454 e. The second-order valence-corrected chi connectivity index (χ2v) is 14.2. The quantitative estimate of drug-likeness (QED) is 0.0576. The summed E-state index contributed by atoms with van der Waals surface area (Å²) in [4.78, 5) is 103. The fraction of sp³-hybridized carbons (Fsp3) is 0.400. The van der Waals surface area contributed by atoms with Crippen LogP contribution in [0.2, 0.25) is 0 Å². The van der Waals surface area contributed by atoms with Crippen molar-refractivity contribution in [1.29, 1.82) is 0 Å². The average molecular weight is 893 g/mol. The summed E-state index contributed by atoms with van der Waals surface area (Å²) in [7, 11) is 0. The first-order valence-corrected chi connectivity index (χ1v) is 20.3. The molecule has 8 amide bonds. The number of furan rings is 4. The van der Waals surface area contributed by atoms with Crippen molar-refractivity contribution < 1.29 is 56.0 Å². The summed E-state index contributed by atoms with van der Waals surface area (Å²) in [5, 5.41) is 21.4. The highest BCUT2D eigenvalue weighted by Gasteiger charge is 2.25. The van der Waals surface area contributed by atoms with Crippen LogP contribution in [-0.2, 0) is 71.5 Å². The van der Waals surface area contributed by atoms with Crippen molar-refractivity contribution in [2.45, 2.75) is 78.0 Å². The van der Waals surface area contributed by atoms with Gasteiger partial charge in [-0.2, -0.15) is 0 Å². The molecule has 24 nitrogen and oxygen atoms in total. The van der Waals surface area contributed by atoms with Gasteiger partial charge in [-0.3, -0.25) is 38.4 Å². The number of nitrogens with one attached hydrogen (secondary N) is 8. The van der Waals surface area contributed by atoms with Crippen molar-refractivity contribution in [3.05, 3.63) is 92.6 Å². The number of rotatable bonds is 16. The van der Waals surface area contributed by atoms with Gasteiger partial charge in [0.15, 0.2) is 23.0 Å². The molecule has 0 unspecified atom stereocenters. The first-order valence-electron chi connectivity index (χ1n) is 20.3. The molecule has 1 aliphatic heterocycles. The fourth-order valence-electron chi connectivity index (χ4n) is 6.15. The highest BCUT2D eigenvalue weighted by molar-refractivity contribution is 5.94. The molecule has 24 heteroatoms. The molecule has 64 heavy (non-hydrogen) atoms. The standard InChI is InChI=1S/C40H52N12O12/c41-5-1-33(53)45-13-21-9-25-37(57)50-18-30-23(15-47-35(55)3-7-43)11-27(63-30)39(59)52-20-32-24(16-48-36(56)4-8-44)12-28(64-32)40(60)51-19-31-22(14-46-34(54)2-6-42)10-26(62-31)38(58)49-17-29(21)61-25/h9-12H,1-8,13-20,41-44H2,(H,45,53)(H,46,54)(H,47,55)(H,48,56)(H,49,58)(H,50,57)(H,51,60)(H,52,59). The minimum Gasteiger partial charge on any atom is -0.454 e. The van der Waals surface area contributed by atoms with Crippen molar-refractivity contribution >= 4 is 47.3 Å². The van der Waals surface area contributed by atoms with Crippen LogP contribution in [0.1, 0.15) is 113 Å². The van der Waals surface area contributed by atoms with Gasteiger partial charge in [-0.25, -0.2) is 0 Å². The topological polar surface area (TPSA) is 389 Å². The van der Waals surface area contributed by atoms with Crippen LogP contribution in [0.5, 0.6) is 0 Å². The molecule has 0 atom stereocenters. The fourth-order valence-corrected chi connectivity index (χ4v) is 6.15. The van der Waals surface area contributed by atoms with Crippen molar-refractivity contribution in [3.63, 3.8) is 0 Å². The molecular weight excluding hydrogens is 841 g/mol. The molecule has 5 rings (SSSR count). The van der Waals surface area contributed by atoms with Crippen molar-refractivity contribution in [2.24, 2.45) is 22.9 Å². The Hall–Kier alpha value is -7.28. The van der Waals surface area contributed by atoms with Crippen molar-refractivity contribution in [3.8, 4) is 0 Å². The van der Waals surface area contributed by atoms with Crippen LogP contribution in [0, 0.1) is 0 Å². The monoisotopic (exact) mass is 892 g/mol. The molecule has 0 radical (unpaired) electrons. The van der Waals surface area contributed by atoms with E-state index in [0.29, 0.717) is 22.3 Å². The average Bonchev–Trinajstić information content (AvgIpc) is 4.08. The molecule has 0 saturated carbocycles. The second-order valence-electron chi connectivity index (χ2n) is 14.2. The zero-order valence-corrected chi connectivity index (χ0v) is 34.8. The molecule has 0 aliphatic carbocycles. The maximum atomic E-state index is 13.5. The van der Waals surface area contributed by atoms with E-state index in [4.69, 9.17) is 40.6 Å². The maximum Gasteiger partial charge on any atom is 0.287 e. The van der Waals surface area contributed by atoms with E-state index in [1.54, 1.807) is 0 Å². The van der Waals surface area contributed by atoms with E-state index in [-0.39, 0.29) is 174 Å². The normalized spacial score (nSPS) is 13.4. The molecule has 4 aromatic heterocycles. The summed E-state index contributed by atoms with van der Waals surface area (Å²) in [5.74, 6) is -4.83. The highest BCUT2D eigenvalue weighted by Crippen LogP contribution is 2.22. The van der Waals surface area contributed by atoms with Crippen LogP contribution < -0.4 is 65.5 Å². The first-order chi connectivity index (χ1) is 30.8. The summed E-state index contributed by atoms with van der Waals surface area (Å²) >= 11 is 0. The number of carbonyl (C=O) groups excluding carboxylic acids is 8. The summed E-state index contributed by atoms with van der Waals surface area (Å²) in [6.07, 6.45) is 0.129. The van der Waals surface area contributed by atoms with E-state index >= 15 is 0 Å². The Labute approximate surface area is 365 Å². The molecule has 8 bridgehead atoms. The predicted octanol–water partition coefficient (Wildman–Crippen LogP) is -2.05. The van der Waals surface area contributed by atoms with Gasteiger partial charge in [-0.1, -0.05) is 0 Å². The number of fused-ring (bicyclic) bond motifs is 8. The third kappa shape index (κ3) is 13.4. The summed E-state index contributed by atoms with van der Waals surface area (Å²) < 4.78 is 23.5. The lowest BCUT2D eigenvalue weighted by molar-refractivity contribution is -0.121. The molecule has 16 N–H and O–H groups in total. The third-order valence-electron chi connectivity index (χ3n) is 9.51. The van der Waals surface area contributed by atoms with Gasteiger partial charge in [-0.15, -0.1) is 0 Å². The number of hydrogen-bond acceptors (Lipinski definition) is 16. The molecule has 5 heterocycles. The van der Waals surface area contributed by atoms with Crippen LogP contribution >= 0.6 is 0 Å². The van der Waals surface area contributed by atoms with Crippen LogP contribution in [-0.4, -0.2) is 73.4 Å². The van der Waals surface area contributed by atoms with E-state index in [1.807, 2.05) is 0 Å². The summed E-state index contributed by atoms with van der Waals surface area (Å²) in [6.45, 7) is -1.15. The highest BCUT2D eigenvalue weighted by atomic mass is 16.4. The minimum atomic E-state index is -0.735. The Morgan fingerprint density at radius 1 is 0.406 bits per heavy atom. The Kier molecular flexibility index (Phi) is 17.3. The Bertz CT molecular complexity index is 2020. The van der Waals surface area contributed by atoms with Crippen molar-refractivity contribution in [1.82, 2.24) is 42.5 Å². The Morgan fingerprint density at radius 3 is 0.797 bits per heavy atom. The summed E-state index contributed by atoms with van der Waals surface area (Å²) in [5.41, 5.74) is 23.4. The van der Waals surface area contributed by atoms with E-state index in [2.05, 4.69) is 42.5 Å². The van der Waals surface area contributed by atoms with Crippen LogP contribution in [0.4, 0.5) is 0 Å². The number of hydrogen-bond donors (Lipinski definition) is 12.